The van der Waals surface area contributed by atoms with Gasteiger partial charge in [0.25, 0.3) is 0 Å². The molecule has 2 fully saturated rings. The summed E-state index contributed by atoms with van der Waals surface area (Å²) in [4.78, 5) is 29.1. The van der Waals surface area contributed by atoms with Crippen LogP contribution >= 0.6 is 11.8 Å². The number of thioether (sulfide) groups is 1. The van der Waals surface area contributed by atoms with Gasteiger partial charge in [-0.3, -0.25) is 9.59 Å². The number of hydrogen-bond donors (Lipinski definition) is 0. The van der Waals surface area contributed by atoms with Crippen LogP contribution in [0.2, 0.25) is 0 Å². The molecule has 216 valence electrons. The van der Waals surface area contributed by atoms with E-state index in [4.69, 9.17) is 13.6 Å². The fourth-order valence-corrected chi connectivity index (χ4v) is 7.08. The van der Waals surface area contributed by atoms with Crippen molar-refractivity contribution in [3.63, 3.8) is 0 Å². The summed E-state index contributed by atoms with van der Waals surface area (Å²) in [5.41, 5.74) is 4.19. The highest BCUT2D eigenvalue weighted by molar-refractivity contribution is 7.99. The van der Waals surface area contributed by atoms with Gasteiger partial charge >= 0.3 is 0 Å². The average Bonchev–Trinajstić information content (AvgIpc) is 3.05. The molecular weight excluding hydrogens is 548 g/mol. The number of morpholine rings is 1. The molecule has 0 radical (unpaired) electrons. The van der Waals surface area contributed by atoms with E-state index in [-0.39, 0.29) is 10.9 Å². The fraction of sp³-hybridized carbons (Fsp3) is 0.353. The molecule has 8 heteroatoms. The van der Waals surface area contributed by atoms with Gasteiger partial charge in [0.1, 0.15) is 11.2 Å². The summed E-state index contributed by atoms with van der Waals surface area (Å²) in [6, 6.07) is 19.1. The van der Waals surface area contributed by atoms with E-state index in [0.29, 0.717) is 41.3 Å². The molecule has 42 heavy (non-hydrogen) atoms. The summed E-state index contributed by atoms with van der Waals surface area (Å²) in [6.07, 6.45) is 4.52. The highest BCUT2D eigenvalue weighted by atomic mass is 32.2. The summed E-state index contributed by atoms with van der Waals surface area (Å²) >= 11 is 1.94. The number of benzene rings is 3. The molecule has 0 atom stereocenters. The topological polar surface area (TPSA) is 76.1 Å². The number of ether oxygens (including phenoxy) is 1. The van der Waals surface area contributed by atoms with Crippen molar-refractivity contribution in [3.05, 3.63) is 92.2 Å². The average molecular weight is 583 g/mol. The van der Waals surface area contributed by atoms with Crippen LogP contribution < -0.4 is 20.7 Å². The van der Waals surface area contributed by atoms with Crippen molar-refractivity contribution in [3.8, 4) is 0 Å². The first-order valence-electron chi connectivity index (χ1n) is 14.9. The summed E-state index contributed by atoms with van der Waals surface area (Å²) in [5, 5.41) is 3.47. The molecule has 3 aromatic carbocycles. The summed E-state index contributed by atoms with van der Waals surface area (Å²) in [5.74, 6) is 3.55. The molecule has 2 aliphatic heterocycles. The summed E-state index contributed by atoms with van der Waals surface area (Å²) in [6.45, 7) is 4.81. The van der Waals surface area contributed by atoms with Crippen molar-refractivity contribution in [2.45, 2.75) is 25.7 Å². The maximum absolute atomic E-state index is 12.4. The van der Waals surface area contributed by atoms with Crippen molar-refractivity contribution in [1.29, 1.82) is 0 Å². The van der Waals surface area contributed by atoms with Crippen molar-refractivity contribution < 1.29 is 13.6 Å². The largest absolute Gasteiger partial charge is 0.440 e. The number of hydrogen-bond acceptors (Lipinski definition) is 8. The van der Waals surface area contributed by atoms with Gasteiger partial charge in [0.05, 0.1) is 24.0 Å². The van der Waals surface area contributed by atoms with Gasteiger partial charge in [-0.25, -0.2) is 0 Å². The minimum absolute atomic E-state index is 0.0372. The highest BCUT2D eigenvalue weighted by Gasteiger charge is 2.20. The van der Waals surface area contributed by atoms with E-state index < -0.39 is 0 Å². The molecule has 4 heterocycles. The number of anilines is 2. The Bertz CT molecular complexity index is 1870. The van der Waals surface area contributed by atoms with Crippen molar-refractivity contribution in [2.75, 3.05) is 60.7 Å². The lowest BCUT2D eigenvalue weighted by molar-refractivity contribution is 0.121. The van der Waals surface area contributed by atoms with Gasteiger partial charge in [-0.2, -0.15) is 11.8 Å². The zero-order valence-corrected chi connectivity index (χ0v) is 24.4. The number of aryl methyl sites for hydroxylation is 2. The Morgan fingerprint density at radius 2 is 1.29 bits per heavy atom. The van der Waals surface area contributed by atoms with Crippen molar-refractivity contribution in [2.24, 2.45) is 0 Å². The van der Waals surface area contributed by atoms with Crippen LogP contribution in [-0.4, -0.2) is 50.9 Å². The third kappa shape index (κ3) is 5.29. The Hall–Kier alpha value is -3.75. The molecule has 2 aromatic heterocycles. The smallest absolute Gasteiger partial charge is 0.200 e. The Labute approximate surface area is 248 Å². The Kier molecular flexibility index (Phi) is 7.65. The predicted octanol–water partition coefficient (Wildman–Crippen LogP) is 6.01. The van der Waals surface area contributed by atoms with Crippen LogP contribution in [0, 0.1) is 0 Å². The van der Waals surface area contributed by atoms with E-state index in [0.717, 1.165) is 66.9 Å². The van der Waals surface area contributed by atoms with Crippen LogP contribution in [0.1, 0.15) is 24.0 Å². The van der Waals surface area contributed by atoms with Crippen molar-refractivity contribution in [1.82, 2.24) is 0 Å². The lowest BCUT2D eigenvalue weighted by atomic mass is 9.90. The fourth-order valence-electron chi connectivity index (χ4n) is 6.18. The second kappa shape index (κ2) is 11.9. The molecule has 0 unspecified atom stereocenters. The molecule has 0 N–H and O–H groups in total. The third-order valence-electron chi connectivity index (χ3n) is 8.46. The van der Waals surface area contributed by atoms with Crippen LogP contribution in [-0.2, 0) is 17.6 Å². The van der Waals surface area contributed by atoms with Crippen molar-refractivity contribution >= 4 is 56.2 Å². The number of fused-ring (bicyclic) bond motifs is 6. The first-order chi connectivity index (χ1) is 20.7. The highest BCUT2D eigenvalue weighted by Crippen LogP contribution is 2.31. The molecule has 1 aliphatic carbocycles. The Morgan fingerprint density at radius 1 is 0.643 bits per heavy atom. The minimum Gasteiger partial charge on any atom is -0.440 e. The number of nitrogens with zero attached hydrogens (tertiary/aromatic N) is 2. The van der Waals surface area contributed by atoms with E-state index in [1.165, 1.54) is 24.0 Å². The van der Waals surface area contributed by atoms with Gasteiger partial charge in [-0.1, -0.05) is 36.4 Å². The first-order valence-corrected chi connectivity index (χ1v) is 16.0. The maximum atomic E-state index is 12.4. The van der Waals surface area contributed by atoms with Gasteiger partial charge in [0.15, 0.2) is 22.6 Å². The molecule has 5 aromatic rings. The van der Waals surface area contributed by atoms with Crippen LogP contribution in [0.4, 0.5) is 11.8 Å². The third-order valence-corrected chi connectivity index (χ3v) is 9.40. The second-order valence-electron chi connectivity index (χ2n) is 11.0. The molecule has 2 saturated heterocycles. The van der Waals surface area contributed by atoms with Gasteiger partial charge in [0, 0.05) is 55.2 Å². The molecule has 0 saturated carbocycles. The standard InChI is InChI=1S/C17H19NO3.C17H15NO2S/c19-15-11-16(18-7-9-20-10-8-18)21-17-13-4-2-1-3-12(13)5-6-14(15)17;19-15-11-16(18-7-9-21-10-8-18)20-17-13-4-2-1-3-12(13)5-6-14(15)17/h5-6,11H,1-4,7-10H2;1-6,11H,7-10H2. The Morgan fingerprint density at radius 3 is 2.07 bits per heavy atom. The first kappa shape index (κ1) is 27.1. The SMILES string of the molecule is O=c1cc(N2CCOCC2)oc2c3c(ccc12)CCCC3.O=c1cc(N2CCSCC2)oc2c1ccc1ccccc12. The molecular formula is C34H34N2O5S. The van der Waals surface area contributed by atoms with Gasteiger partial charge < -0.3 is 23.4 Å². The molecule has 7 nitrogen and oxygen atoms in total. The normalized spacial score (nSPS) is 17.2. The lowest BCUT2D eigenvalue weighted by Gasteiger charge is -2.27. The summed E-state index contributed by atoms with van der Waals surface area (Å²) < 4.78 is 17.6. The maximum Gasteiger partial charge on any atom is 0.200 e. The van der Waals surface area contributed by atoms with E-state index in [9.17, 15) is 9.59 Å². The Balaban J connectivity index is 0.000000137. The van der Waals surface area contributed by atoms with Crippen LogP contribution in [0.15, 0.2) is 79.1 Å². The van der Waals surface area contributed by atoms with Gasteiger partial charge in [-0.15, -0.1) is 0 Å². The van der Waals surface area contributed by atoms with E-state index in [1.54, 1.807) is 12.1 Å². The molecule has 0 bridgehead atoms. The number of rotatable bonds is 2. The van der Waals surface area contributed by atoms with Crippen LogP contribution in [0.25, 0.3) is 32.7 Å². The van der Waals surface area contributed by atoms with Crippen LogP contribution in [0.5, 0.6) is 0 Å². The second-order valence-corrected chi connectivity index (χ2v) is 12.3. The van der Waals surface area contributed by atoms with Gasteiger partial charge in [-0.05, 0) is 54.3 Å². The molecule has 3 aliphatic rings. The monoisotopic (exact) mass is 582 g/mol. The predicted molar refractivity (Wildman–Crippen MR) is 172 cm³/mol. The van der Waals surface area contributed by atoms with E-state index in [1.807, 2.05) is 54.2 Å². The molecule has 0 amide bonds. The zero-order chi connectivity index (χ0) is 28.5. The quantitative estimate of drug-likeness (QED) is 0.234. The lowest BCUT2D eigenvalue weighted by Crippen LogP contribution is -2.36. The van der Waals surface area contributed by atoms with E-state index >= 15 is 0 Å². The van der Waals surface area contributed by atoms with Crippen LogP contribution in [0.3, 0.4) is 0 Å². The molecule has 8 rings (SSSR count). The van der Waals surface area contributed by atoms with E-state index in [2.05, 4.69) is 15.9 Å². The summed E-state index contributed by atoms with van der Waals surface area (Å²) in [7, 11) is 0. The minimum atomic E-state index is 0.0372. The van der Waals surface area contributed by atoms with Gasteiger partial charge in [0.2, 0.25) is 0 Å². The zero-order valence-electron chi connectivity index (χ0n) is 23.6. The molecule has 0 spiro atoms.